The first-order valence-corrected chi connectivity index (χ1v) is 4.00. The molecule has 0 saturated carbocycles. The lowest BCUT2D eigenvalue weighted by molar-refractivity contribution is 0.275. The predicted octanol–water partition coefficient (Wildman–Crippen LogP) is 0.408. The van der Waals surface area contributed by atoms with E-state index in [1.165, 1.54) is 12.8 Å². The Kier molecular flexibility index (Phi) is 3.73. The lowest BCUT2D eigenvalue weighted by Crippen LogP contribution is -1.71. The Labute approximate surface area is 53.1 Å². The van der Waals surface area contributed by atoms with Gasteiger partial charge in [0.1, 0.15) is 0 Å². The molecule has 0 unspecified atom stereocenters. The Hall–Kier alpha value is -0.150. The standard InChI is InChI=1S/C4H6.H3O4P/c1-2-4-3-1;1-5(2,3)4/h1-2H,3-4H2;(H3,1,2,3,4). The number of hydrogen-bond acceptors (Lipinski definition) is 1. The molecule has 4 nitrogen and oxygen atoms in total. The number of hydrogen-bond donors (Lipinski definition) is 3. The second-order valence-corrected chi connectivity index (χ2v) is 2.59. The summed E-state index contributed by atoms with van der Waals surface area (Å²) in [7, 11) is -4.64. The van der Waals surface area contributed by atoms with Crippen molar-refractivity contribution in [3.05, 3.63) is 12.2 Å². The van der Waals surface area contributed by atoms with Gasteiger partial charge in [-0.3, -0.25) is 0 Å². The molecule has 0 aromatic heterocycles. The molecule has 5 heteroatoms. The highest BCUT2D eigenvalue weighted by Gasteiger charge is 2.00. The van der Waals surface area contributed by atoms with Crippen LogP contribution in [0.15, 0.2) is 12.2 Å². The lowest BCUT2D eigenvalue weighted by atomic mass is 10.1. The molecule has 0 aromatic carbocycles. The zero-order chi connectivity index (χ0) is 7.33. The third-order valence-corrected chi connectivity index (χ3v) is 0.667. The smallest absolute Gasteiger partial charge is 0.303 e. The molecule has 3 N–H and O–H groups in total. The molecule has 0 fully saturated rings. The van der Waals surface area contributed by atoms with Crippen LogP contribution in [0.25, 0.3) is 0 Å². The molecule has 0 spiro atoms. The monoisotopic (exact) mass is 152 g/mol. The minimum absolute atomic E-state index is 1.32. The minimum atomic E-state index is -4.64. The summed E-state index contributed by atoms with van der Waals surface area (Å²) in [6.07, 6.45) is 7.00. The second kappa shape index (κ2) is 3.80. The summed E-state index contributed by atoms with van der Waals surface area (Å²) >= 11 is 0. The molecule has 0 radical (unpaired) electrons. The van der Waals surface area contributed by atoms with Crippen LogP contribution >= 0.6 is 7.82 Å². The fourth-order valence-electron chi connectivity index (χ4n) is 0.167. The Balaban J connectivity index is 0.000000144. The zero-order valence-corrected chi connectivity index (χ0v) is 5.66. The average molecular weight is 152 g/mol. The predicted molar refractivity (Wildman–Crippen MR) is 32.6 cm³/mol. The van der Waals surface area contributed by atoms with Crippen molar-refractivity contribution in [1.82, 2.24) is 0 Å². The highest BCUT2D eigenvalue weighted by molar-refractivity contribution is 7.45. The van der Waals surface area contributed by atoms with Crippen molar-refractivity contribution in [1.29, 1.82) is 0 Å². The summed E-state index contributed by atoms with van der Waals surface area (Å²) in [6.45, 7) is 0. The molecule has 1 rings (SSSR count). The fourth-order valence-corrected chi connectivity index (χ4v) is 0.167. The van der Waals surface area contributed by atoms with Gasteiger partial charge in [0, 0.05) is 0 Å². The van der Waals surface area contributed by atoms with Crippen LogP contribution in [0.2, 0.25) is 0 Å². The molecule has 0 aromatic rings. The van der Waals surface area contributed by atoms with E-state index in [1.807, 2.05) is 0 Å². The summed E-state index contributed by atoms with van der Waals surface area (Å²) in [5.74, 6) is 0. The Bertz CT molecular complexity index is 121. The maximum absolute atomic E-state index is 8.88. The summed E-state index contributed by atoms with van der Waals surface area (Å²) in [6, 6.07) is 0. The van der Waals surface area contributed by atoms with Gasteiger partial charge in [-0.25, -0.2) is 4.57 Å². The number of allylic oxidation sites excluding steroid dienone is 2. The maximum Gasteiger partial charge on any atom is 0.466 e. The van der Waals surface area contributed by atoms with Crippen LogP contribution in [0, 0.1) is 0 Å². The van der Waals surface area contributed by atoms with Crippen molar-refractivity contribution in [2.24, 2.45) is 0 Å². The third kappa shape index (κ3) is 18.1. The van der Waals surface area contributed by atoms with Gasteiger partial charge in [-0.15, -0.1) is 0 Å². The molecule has 1 aliphatic rings. The molecule has 0 atom stereocenters. The molecule has 9 heavy (non-hydrogen) atoms. The lowest BCUT2D eigenvalue weighted by Gasteiger charge is -1.92. The van der Waals surface area contributed by atoms with Gasteiger partial charge in [-0.2, -0.15) is 0 Å². The molecular formula is C4H9O4P. The summed E-state index contributed by atoms with van der Waals surface area (Å²) in [5.41, 5.74) is 0. The molecule has 0 aliphatic heterocycles. The SMILES string of the molecule is C1=CCC1.O=P(O)(O)O. The molecule has 0 bridgehead atoms. The van der Waals surface area contributed by atoms with Crippen molar-refractivity contribution < 1.29 is 19.2 Å². The van der Waals surface area contributed by atoms with Crippen LogP contribution in [0.4, 0.5) is 0 Å². The topological polar surface area (TPSA) is 77.8 Å². The quantitative estimate of drug-likeness (QED) is 0.347. The average Bonchev–Trinajstić information content (AvgIpc) is 1.12. The van der Waals surface area contributed by atoms with Crippen molar-refractivity contribution in [2.45, 2.75) is 12.8 Å². The number of phosphoric acid groups is 1. The fraction of sp³-hybridized carbons (Fsp3) is 0.500. The summed E-state index contributed by atoms with van der Waals surface area (Å²) in [4.78, 5) is 21.6. The molecule has 0 amide bonds. The first-order chi connectivity index (χ1) is 4.00. The van der Waals surface area contributed by atoms with Crippen LogP contribution in [0.1, 0.15) is 12.8 Å². The van der Waals surface area contributed by atoms with Gasteiger partial charge in [-0.1, -0.05) is 12.2 Å². The van der Waals surface area contributed by atoms with Crippen molar-refractivity contribution >= 4 is 7.82 Å². The van der Waals surface area contributed by atoms with Crippen LogP contribution < -0.4 is 0 Å². The van der Waals surface area contributed by atoms with E-state index in [2.05, 4.69) is 12.2 Å². The Morgan fingerprint density at radius 2 is 1.22 bits per heavy atom. The van der Waals surface area contributed by atoms with Gasteiger partial charge in [0.15, 0.2) is 0 Å². The van der Waals surface area contributed by atoms with E-state index in [-0.39, 0.29) is 0 Å². The van der Waals surface area contributed by atoms with E-state index in [9.17, 15) is 0 Å². The van der Waals surface area contributed by atoms with Crippen LogP contribution in [0.3, 0.4) is 0 Å². The number of rotatable bonds is 0. The third-order valence-electron chi connectivity index (χ3n) is 0.667. The van der Waals surface area contributed by atoms with Crippen LogP contribution in [0.5, 0.6) is 0 Å². The van der Waals surface area contributed by atoms with Gasteiger partial charge < -0.3 is 14.7 Å². The van der Waals surface area contributed by atoms with Crippen LogP contribution in [-0.4, -0.2) is 14.7 Å². The maximum atomic E-state index is 8.88. The Morgan fingerprint density at radius 1 is 1.11 bits per heavy atom. The van der Waals surface area contributed by atoms with Crippen molar-refractivity contribution in [3.8, 4) is 0 Å². The summed E-state index contributed by atoms with van der Waals surface area (Å²) < 4.78 is 8.88. The first-order valence-electron chi connectivity index (χ1n) is 2.43. The molecule has 1 aliphatic carbocycles. The van der Waals surface area contributed by atoms with Crippen molar-refractivity contribution in [3.63, 3.8) is 0 Å². The van der Waals surface area contributed by atoms with Gasteiger partial charge in [0.2, 0.25) is 0 Å². The van der Waals surface area contributed by atoms with E-state index >= 15 is 0 Å². The van der Waals surface area contributed by atoms with Gasteiger partial charge >= 0.3 is 7.82 Å². The normalized spacial score (nSPS) is 15.4. The second-order valence-electron chi connectivity index (χ2n) is 1.56. The first kappa shape index (κ1) is 8.85. The minimum Gasteiger partial charge on any atom is -0.303 e. The van der Waals surface area contributed by atoms with Gasteiger partial charge in [0.05, 0.1) is 0 Å². The van der Waals surface area contributed by atoms with E-state index < -0.39 is 7.82 Å². The summed E-state index contributed by atoms with van der Waals surface area (Å²) in [5, 5.41) is 0. The zero-order valence-electron chi connectivity index (χ0n) is 4.77. The van der Waals surface area contributed by atoms with E-state index in [4.69, 9.17) is 19.2 Å². The molecular weight excluding hydrogens is 143 g/mol. The van der Waals surface area contributed by atoms with E-state index in [0.717, 1.165) is 0 Å². The highest BCUT2D eigenvalue weighted by atomic mass is 31.2. The Morgan fingerprint density at radius 3 is 1.22 bits per heavy atom. The molecule has 54 valence electrons. The van der Waals surface area contributed by atoms with Crippen molar-refractivity contribution in [2.75, 3.05) is 0 Å². The van der Waals surface area contributed by atoms with E-state index in [0.29, 0.717) is 0 Å². The molecule has 0 heterocycles. The molecule has 0 saturated heterocycles. The highest BCUT2D eigenvalue weighted by Crippen LogP contribution is 2.25. The van der Waals surface area contributed by atoms with Gasteiger partial charge in [0.25, 0.3) is 0 Å². The van der Waals surface area contributed by atoms with E-state index in [1.54, 1.807) is 0 Å². The van der Waals surface area contributed by atoms with Gasteiger partial charge in [-0.05, 0) is 12.8 Å². The van der Waals surface area contributed by atoms with Crippen LogP contribution in [-0.2, 0) is 4.57 Å². The largest absolute Gasteiger partial charge is 0.466 e.